The second kappa shape index (κ2) is 9.52. The second-order valence-electron chi connectivity index (χ2n) is 8.89. The van der Waals surface area contributed by atoms with Crippen LogP contribution in [0.2, 0.25) is 0 Å². The molecule has 0 radical (unpaired) electrons. The van der Waals surface area contributed by atoms with Crippen LogP contribution < -0.4 is 15.5 Å². The van der Waals surface area contributed by atoms with Crippen LogP contribution in [-0.2, 0) is 6.18 Å². The van der Waals surface area contributed by atoms with Crippen molar-refractivity contribution in [3.05, 3.63) is 47.4 Å². The van der Waals surface area contributed by atoms with Crippen LogP contribution in [0.5, 0.6) is 0 Å². The van der Waals surface area contributed by atoms with Gasteiger partial charge in [0.2, 0.25) is 0 Å². The summed E-state index contributed by atoms with van der Waals surface area (Å²) in [7, 11) is 0. The molecule has 6 nitrogen and oxygen atoms in total. The van der Waals surface area contributed by atoms with Gasteiger partial charge in [-0.05, 0) is 67.9 Å². The van der Waals surface area contributed by atoms with E-state index < -0.39 is 17.6 Å². The Morgan fingerprint density at radius 1 is 1.12 bits per heavy atom. The first-order valence-electron chi connectivity index (χ1n) is 11.2. The number of carbonyl (C=O) groups is 1. The summed E-state index contributed by atoms with van der Waals surface area (Å²) in [6.45, 7) is 3.89. The van der Waals surface area contributed by atoms with E-state index in [1.807, 2.05) is 4.90 Å². The number of carbonyl (C=O) groups excluding carboxylic acids is 1. The van der Waals surface area contributed by atoms with Crippen molar-refractivity contribution in [3.63, 3.8) is 0 Å². The minimum Gasteiger partial charge on any atom is -0.382 e. The molecule has 2 aliphatic rings. The number of nitrogens with one attached hydrogen (secondary N) is 2. The summed E-state index contributed by atoms with van der Waals surface area (Å²) >= 11 is 0. The van der Waals surface area contributed by atoms with Gasteiger partial charge in [0.25, 0.3) is 5.91 Å². The number of alkyl halides is 3. The van der Waals surface area contributed by atoms with E-state index in [1.54, 1.807) is 12.1 Å². The van der Waals surface area contributed by atoms with Crippen molar-refractivity contribution < 1.29 is 22.4 Å². The lowest BCUT2D eigenvalue weighted by atomic mass is 10.0. The summed E-state index contributed by atoms with van der Waals surface area (Å²) in [4.78, 5) is 14.3. The van der Waals surface area contributed by atoms with Crippen molar-refractivity contribution in [1.29, 1.82) is 0 Å². The van der Waals surface area contributed by atoms with E-state index in [4.69, 9.17) is 0 Å². The van der Waals surface area contributed by atoms with Crippen LogP contribution in [0, 0.1) is 17.7 Å². The van der Waals surface area contributed by atoms with E-state index in [2.05, 4.69) is 27.8 Å². The molecule has 33 heavy (non-hydrogen) atoms. The molecule has 2 N–H and O–H groups in total. The molecule has 2 fully saturated rings. The first kappa shape index (κ1) is 23.3. The standard InChI is InChI=1S/C23H27F4N5O/c1-14(15-2-3-15)13-28-22(33)20-6-7-21(31-30-20)32-10-8-17(9-11-32)29-19-5-4-16(24)12-18(19)23(25,26)27/h4-7,12,14-15,17,29H,2-3,8-11,13H2,1H3,(H,28,33). The van der Waals surface area contributed by atoms with E-state index in [-0.39, 0.29) is 23.3 Å². The zero-order valence-electron chi connectivity index (χ0n) is 18.3. The molecule has 2 aromatic rings. The number of rotatable bonds is 7. The van der Waals surface area contributed by atoms with E-state index in [1.165, 1.54) is 12.8 Å². The Labute approximate surface area is 189 Å². The number of aromatic nitrogens is 2. The minimum atomic E-state index is -4.63. The number of halogens is 4. The molecule has 4 rings (SSSR count). The largest absolute Gasteiger partial charge is 0.418 e. The van der Waals surface area contributed by atoms with Crippen LogP contribution in [0.15, 0.2) is 30.3 Å². The van der Waals surface area contributed by atoms with Crippen molar-refractivity contribution in [1.82, 2.24) is 15.5 Å². The van der Waals surface area contributed by atoms with Crippen LogP contribution in [0.3, 0.4) is 0 Å². The Hall–Kier alpha value is -2.91. The molecule has 1 saturated carbocycles. The summed E-state index contributed by atoms with van der Waals surface area (Å²) in [6.07, 6.45) is -1.02. The molecule has 0 bridgehead atoms. The fourth-order valence-corrected chi connectivity index (χ4v) is 4.14. The van der Waals surface area contributed by atoms with Gasteiger partial charge in [-0.15, -0.1) is 10.2 Å². The van der Waals surface area contributed by atoms with Gasteiger partial charge in [0.1, 0.15) is 5.82 Å². The van der Waals surface area contributed by atoms with Crippen molar-refractivity contribution in [2.24, 2.45) is 11.8 Å². The van der Waals surface area contributed by atoms with E-state index in [9.17, 15) is 22.4 Å². The highest BCUT2D eigenvalue weighted by Gasteiger charge is 2.35. The number of nitrogens with zero attached hydrogens (tertiary/aromatic N) is 3. The topological polar surface area (TPSA) is 70.2 Å². The van der Waals surface area contributed by atoms with Gasteiger partial charge in [0.05, 0.1) is 5.56 Å². The molecule has 1 saturated heterocycles. The monoisotopic (exact) mass is 465 g/mol. The van der Waals surface area contributed by atoms with Gasteiger partial charge in [-0.2, -0.15) is 13.2 Å². The third-order valence-electron chi connectivity index (χ3n) is 6.36. The Balaban J connectivity index is 1.30. The highest BCUT2D eigenvalue weighted by Crippen LogP contribution is 2.37. The van der Waals surface area contributed by atoms with Crippen LogP contribution >= 0.6 is 0 Å². The van der Waals surface area contributed by atoms with E-state index >= 15 is 0 Å². The number of hydrogen-bond donors (Lipinski definition) is 2. The van der Waals surface area contributed by atoms with Crippen LogP contribution in [0.25, 0.3) is 0 Å². The molecule has 1 unspecified atom stereocenters. The maximum absolute atomic E-state index is 13.3. The van der Waals surface area contributed by atoms with E-state index in [0.717, 1.165) is 12.1 Å². The average molecular weight is 465 g/mol. The fourth-order valence-electron chi connectivity index (χ4n) is 4.14. The third-order valence-corrected chi connectivity index (χ3v) is 6.36. The van der Waals surface area contributed by atoms with Gasteiger partial charge < -0.3 is 15.5 Å². The Bertz CT molecular complexity index is 970. The number of anilines is 2. The number of amides is 1. The van der Waals surface area contributed by atoms with Gasteiger partial charge in [0, 0.05) is 31.4 Å². The normalized spacial score (nSPS) is 18.2. The first-order chi connectivity index (χ1) is 15.7. The average Bonchev–Trinajstić information content (AvgIpc) is 3.64. The van der Waals surface area contributed by atoms with Crippen molar-refractivity contribution in [3.8, 4) is 0 Å². The fraction of sp³-hybridized carbons (Fsp3) is 0.522. The van der Waals surface area contributed by atoms with Crippen molar-refractivity contribution in [2.45, 2.75) is 44.8 Å². The Morgan fingerprint density at radius 3 is 2.45 bits per heavy atom. The zero-order chi connectivity index (χ0) is 23.6. The molecule has 1 aliphatic heterocycles. The van der Waals surface area contributed by atoms with Gasteiger partial charge in [0.15, 0.2) is 11.5 Å². The lowest BCUT2D eigenvalue weighted by Crippen LogP contribution is -2.40. The molecule has 1 aliphatic carbocycles. The molecule has 2 heterocycles. The van der Waals surface area contributed by atoms with Gasteiger partial charge >= 0.3 is 6.18 Å². The molecule has 1 atom stereocenters. The predicted octanol–water partition coefficient (Wildman–Crippen LogP) is 4.49. The quantitative estimate of drug-likeness (QED) is 0.590. The van der Waals surface area contributed by atoms with Gasteiger partial charge in [-0.3, -0.25) is 4.79 Å². The summed E-state index contributed by atoms with van der Waals surface area (Å²) in [5, 5.41) is 14.0. The third kappa shape index (κ3) is 5.91. The Kier molecular flexibility index (Phi) is 6.71. The van der Waals surface area contributed by atoms with Crippen molar-refractivity contribution in [2.75, 3.05) is 29.9 Å². The first-order valence-corrected chi connectivity index (χ1v) is 11.2. The van der Waals surface area contributed by atoms with E-state index in [0.29, 0.717) is 56.2 Å². The summed E-state index contributed by atoms with van der Waals surface area (Å²) in [5.74, 6) is 0.617. The highest BCUT2D eigenvalue weighted by molar-refractivity contribution is 5.92. The molecular weight excluding hydrogens is 438 g/mol. The summed E-state index contributed by atoms with van der Waals surface area (Å²) in [6, 6.07) is 5.86. The number of benzene rings is 1. The zero-order valence-corrected chi connectivity index (χ0v) is 18.3. The lowest BCUT2D eigenvalue weighted by Gasteiger charge is -2.33. The number of hydrogen-bond acceptors (Lipinski definition) is 5. The minimum absolute atomic E-state index is 0.117. The lowest BCUT2D eigenvalue weighted by molar-refractivity contribution is -0.137. The second-order valence-corrected chi connectivity index (χ2v) is 8.89. The predicted molar refractivity (Wildman–Crippen MR) is 117 cm³/mol. The Morgan fingerprint density at radius 2 is 1.85 bits per heavy atom. The smallest absolute Gasteiger partial charge is 0.382 e. The SMILES string of the molecule is CC(CNC(=O)c1ccc(N2CCC(Nc3ccc(F)cc3C(F)(F)F)CC2)nn1)C1CC1. The molecule has 1 aromatic carbocycles. The van der Waals surface area contributed by atoms with Crippen molar-refractivity contribution >= 4 is 17.4 Å². The summed E-state index contributed by atoms with van der Waals surface area (Å²) < 4.78 is 53.0. The maximum atomic E-state index is 13.3. The molecule has 1 aromatic heterocycles. The molecular formula is C23H27F4N5O. The highest BCUT2D eigenvalue weighted by atomic mass is 19.4. The molecule has 10 heteroatoms. The van der Waals surface area contributed by atoms with Gasteiger partial charge in [-0.1, -0.05) is 6.92 Å². The van der Waals surface area contributed by atoms with Crippen LogP contribution in [-0.4, -0.2) is 41.8 Å². The number of piperidine rings is 1. The molecule has 0 spiro atoms. The van der Waals surface area contributed by atoms with Crippen LogP contribution in [0.4, 0.5) is 29.1 Å². The molecule has 178 valence electrons. The van der Waals surface area contributed by atoms with Crippen LogP contribution in [0.1, 0.15) is 48.7 Å². The maximum Gasteiger partial charge on any atom is 0.418 e. The molecule has 1 amide bonds. The summed E-state index contributed by atoms with van der Waals surface area (Å²) in [5.41, 5.74) is -0.862. The van der Waals surface area contributed by atoms with Gasteiger partial charge in [-0.25, -0.2) is 4.39 Å².